The van der Waals surface area contributed by atoms with Gasteiger partial charge in [-0.3, -0.25) is 4.79 Å². The molecule has 0 spiro atoms. The van der Waals surface area contributed by atoms with Gasteiger partial charge in [0.2, 0.25) is 0 Å². The predicted octanol–water partition coefficient (Wildman–Crippen LogP) is 1.84. The van der Waals surface area contributed by atoms with Crippen LogP contribution < -0.4 is 0 Å². The van der Waals surface area contributed by atoms with Crippen molar-refractivity contribution in [1.29, 1.82) is 0 Å². The number of carbonyl (C=O) groups is 1. The van der Waals surface area contributed by atoms with E-state index in [4.69, 9.17) is 4.74 Å². The summed E-state index contributed by atoms with van der Waals surface area (Å²) in [7, 11) is 0. The highest BCUT2D eigenvalue weighted by Gasteiger charge is 2.16. The zero-order chi connectivity index (χ0) is 11.4. The molecule has 0 N–H and O–H groups in total. The van der Waals surface area contributed by atoms with Crippen LogP contribution in [-0.2, 0) is 4.74 Å². The van der Waals surface area contributed by atoms with Gasteiger partial charge in [0.25, 0.3) is 5.91 Å². The number of carbonyl (C=O) groups excluding carboxylic acids is 1. The van der Waals surface area contributed by atoms with Gasteiger partial charge in [-0.25, -0.2) is 0 Å². The Balaban J connectivity index is 2.08. The Hall–Kier alpha value is -1.00. The van der Waals surface area contributed by atoms with Crippen molar-refractivity contribution in [2.24, 2.45) is 0 Å². The topological polar surface area (TPSA) is 29.5 Å². The summed E-state index contributed by atoms with van der Waals surface area (Å²) < 4.78 is 5.32. The molecule has 0 radical (unpaired) electrons. The molecule has 0 bridgehead atoms. The quantitative estimate of drug-likeness (QED) is 0.755. The Morgan fingerprint density at radius 2 is 1.94 bits per heavy atom. The van der Waals surface area contributed by atoms with Gasteiger partial charge < -0.3 is 9.64 Å². The molecule has 1 aliphatic rings. The maximum Gasteiger partial charge on any atom is 0.253 e. The highest BCUT2D eigenvalue weighted by molar-refractivity contribution is 7.80. The van der Waals surface area contributed by atoms with Crippen molar-refractivity contribution >= 4 is 18.5 Å². The summed E-state index contributed by atoms with van der Waals surface area (Å²) in [5.74, 6) is 0.0823. The molecule has 1 aliphatic heterocycles. The third kappa shape index (κ3) is 2.77. The molecule has 4 heteroatoms. The number of nitrogens with zero attached hydrogens (tertiary/aromatic N) is 1. The predicted molar refractivity (Wildman–Crippen MR) is 65.0 cm³/mol. The minimum absolute atomic E-state index is 0.0823. The van der Waals surface area contributed by atoms with Gasteiger partial charge in [-0.1, -0.05) is 0 Å². The molecular formula is C12H15NO2S. The molecule has 2 rings (SSSR count). The highest BCUT2D eigenvalue weighted by atomic mass is 32.1. The Kier molecular flexibility index (Phi) is 3.85. The van der Waals surface area contributed by atoms with Crippen LogP contribution >= 0.6 is 12.6 Å². The van der Waals surface area contributed by atoms with Crippen LogP contribution in [0.25, 0.3) is 0 Å². The summed E-state index contributed by atoms with van der Waals surface area (Å²) in [6.45, 7) is 2.85. The molecular weight excluding hydrogens is 222 g/mol. The van der Waals surface area contributed by atoms with Crippen molar-refractivity contribution < 1.29 is 9.53 Å². The molecule has 1 amide bonds. The van der Waals surface area contributed by atoms with Gasteiger partial charge in [0.15, 0.2) is 0 Å². The van der Waals surface area contributed by atoms with E-state index in [0.29, 0.717) is 13.2 Å². The standard InChI is InChI=1S/C12H15NO2S/c14-12(10-2-4-11(16)5-3-10)13-6-1-8-15-9-7-13/h2-5,16H,1,6-9H2. The first-order chi connectivity index (χ1) is 7.77. The molecule has 16 heavy (non-hydrogen) atoms. The van der Waals surface area contributed by atoms with E-state index in [9.17, 15) is 4.79 Å². The number of hydrogen-bond acceptors (Lipinski definition) is 3. The number of hydrogen-bond donors (Lipinski definition) is 1. The zero-order valence-electron chi connectivity index (χ0n) is 9.06. The molecule has 1 heterocycles. The van der Waals surface area contributed by atoms with E-state index in [0.717, 1.165) is 30.0 Å². The van der Waals surface area contributed by atoms with Crippen LogP contribution in [0.3, 0.4) is 0 Å². The third-order valence-corrected chi connectivity index (χ3v) is 2.92. The van der Waals surface area contributed by atoms with Gasteiger partial charge in [-0.2, -0.15) is 0 Å². The molecule has 0 aromatic heterocycles. The number of ether oxygens (including phenoxy) is 1. The van der Waals surface area contributed by atoms with Crippen molar-refractivity contribution in [3.05, 3.63) is 29.8 Å². The molecule has 1 aromatic rings. The number of thiol groups is 1. The van der Waals surface area contributed by atoms with E-state index < -0.39 is 0 Å². The minimum Gasteiger partial charge on any atom is -0.380 e. The van der Waals surface area contributed by atoms with E-state index >= 15 is 0 Å². The van der Waals surface area contributed by atoms with Crippen molar-refractivity contribution in [2.75, 3.05) is 26.3 Å². The Bertz CT molecular complexity index is 356. The number of rotatable bonds is 1. The fourth-order valence-corrected chi connectivity index (χ4v) is 1.88. The van der Waals surface area contributed by atoms with Gasteiger partial charge in [0.05, 0.1) is 6.61 Å². The van der Waals surface area contributed by atoms with Gasteiger partial charge in [-0.05, 0) is 30.7 Å². The second-order valence-corrected chi connectivity index (χ2v) is 4.32. The molecule has 1 fully saturated rings. The first-order valence-electron chi connectivity index (χ1n) is 5.43. The molecule has 3 nitrogen and oxygen atoms in total. The lowest BCUT2D eigenvalue weighted by Gasteiger charge is -2.19. The summed E-state index contributed by atoms with van der Waals surface area (Å²) in [5, 5.41) is 0. The number of amides is 1. The van der Waals surface area contributed by atoms with Crippen LogP contribution in [0.5, 0.6) is 0 Å². The van der Waals surface area contributed by atoms with Crippen LogP contribution in [0.1, 0.15) is 16.8 Å². The first kappa shape index (κ1) is 11.5. The summed E-state index contributed by atoms with van der Waals surface area (Å²) in [4.78, 5) is 14.8. The molecule has 0 aliphatic carbocycles. The lowest BCUT2D eigenvalue weighted by atomic mass is 10.2. The van der Waals surface area contributed by atoms with E-state index in [-0.39, 0.29) is 5.91 Å². The smallest absolute Gasteiger partial charge is 0.253 e. The lowest BCUT2D eigenvalue weighted by Crippen LogP contribution is -2.33. The number of benzene rings is 1. The summed E-state index contributed by atoms with van der Waals surface area (Å²) in [5.41, 5.74) is 0.722. The maximum atomic E-state index is 12.1. The van der Waals surface area contributed by atoms with E-state index in [1.54, 1.807) is 0 Å². The van der Waals surface area contributed by atoms with Crippen LogP contribution in [0.15, 0.2) is 29.2 Å². The molecule has 0 unspecified atom stereocenters. The lowest BCUT2D eigenvalue weighted by molar-refractivity contribution is 0.0741. The average Bonchev–Trinajstić information content (AvgIpc) is 2.57. The Morgan fingerprint density at radius 1 is 1.19 bits per heavy atom. The van der Waals surface area contributed by atoms with Gasteiger partial charge in [0, 0.05) is 30.2 Å². The largest absolute Gasteiger partial charge is 0.380 e. The van der Waals surface area contributed by atoms with Crippen molar-refractivity contribution in [1.82, 2.24) is 4.90 Å². The maximum absolute atomic E-state index is 12.1. The van der Waals surface area contributed by atoms with Crippen molar-refractivity contribution in [2.45, 2.75) is 11.3 Å². The van der Waals surface area contributed by atoms with Crippen LogP contribution in [0, 0.1) is 0 Å². The summed E-state index contributed by atoms with van der Waals surface area (Å²) >= 11 is 4.20. The first-order valence-corrected chi connectivity index (χ1v) is 5.88. The monoisotopic (exact) mass is 237 g/mol. The normalized spacial score (nSPS) is 16.9. The van der Waals surface area contributed by atoms with Gasteiger partial charge >= 0.3 is 0 Å². The summed E-state index contributed by atoms with van der Waals surface area (Å²) in [6.07, 6.45) is 0.913. The van der Waals surface area contributed by atoms with Crippen molar-refractivity contribution in [3.8, 4) is 0 Å². The summed E-state index contributed by atoms with van der Waals surface area (Å²) in [6, 6.07) is 7.31. The third-order valence-electron chi connectivity index (χ3n) is 2.62. The van der Waals surface area contributed by atoms with Gasteiger partial charge in [-0.15, -0.1) is 12.6 Å². The molecule has 0 saturated carbocycles. The molecule has 1 aromatic carbocycles. The minimum atomic E-state index is 0.0823. The fourth-order valence-electron chi connectivity index (χ4n) is 1.74. The Labute approximate surface area is 101 Å². The van der Waals surface area contributed by atoms with Crippen LogP contribution in [0.4, 0.5) is 0 Å². The van der Waals surface area contributed by atoms with E-state index in [2.05, 4.69) is 12.6 Å². The highest BCUT2D eigenvalue weighted by Crippen LogP contribution is 2.11. The van der Waals surface area contributed by atoms with E-state index in [1.165, 1.54) is 0 Å². The van der Waals surface area contributed by atoms with Crippen LogP contribution in [0.2, 0.25) is 0 Å². The van der Waals surface area contributed by atoms with E-state index in [1.807, 2.05) is 29.2 Å². The molecule has 0 atom stereocenters. The SMILES string of the molecule is O=C(c1ccc(S)cc1)N1CCCOCC1. The second kappa shape index (κ2) is 5.37. The van der Waals surface area contributed by atoms with Gasteiger partial charge in [0.1, 0.15) is 0 Å². The molecule has 1 saturated heterocycles. The Morgan fingerprint density at radius 3 is 2.69 bits per heavy atom. The average molecular weight is 237 g/mol. The van der Waals surface area contributed by atoms with Crippen LogP contribution in [-0.4, -0.2) is 37.1 Å². The second-order valence-electron chi connectivity index (χ2n) is 3.81. The molecule has 86 valence electrons. The zero-order valence-corrected chi connectivity index (χ0v) is 9.95. The fraction of sp³-hybridized carbons (Fsp3) is 0.417. The van der Waals surface area contributed by atoms with Crippen molar-refractivity contribution in [3.63, 3.8) is 0 Å².